The number of carbonyl (C=O) groups excluding carboxylic acids is 1. The van der Waals surface area contributed by atoms with Gasteiger partial charge in [0.05, 0.1) is 0 Å². The summed E-state index contributed by atoms with van der Waals surface area (Å²) in [5.74, 6) is 0. The van der Waals surface area contributed by atoms with Crippen molar-refractivity contribution < 1.29 is 4.79 Å². The van der Waals surface area contributed by atoms with E-state index in [0.717, 1.165) is 5.56 Å². The van der Waals surface area contributed by atoms with Gasteiger partial charge in [0.15, 0.2) is 0 Å². The van der Waals surface area contributed by atoms with Crippen LogP contribution in [0.1, 0.15) is 5.56 Å². The van der Waals surface area contributed by atoms with Crippen molar-refractivity contribution in [2.45, 2.75) is 6.54 Å². The molecule has 0 unspecified atom stereocenters. The Hall–Kier alpha value is -1.94. The van der Waals surface area contributed by atoms with E-state index in [1.807, 2.05) is 18.5 Å². The Labute approximate surface area is 104 Å². The number of aromatic nitrogens is 1. The number of benzene rings is 1. The highest BCUT2D eigenvalue weighted by Crippen LogP contribution is 2.13. The third-order valence-corrected chi connectivity index (χ3v) is 2.47. The minimum atomic E-state index is -0.242. The molecule has 0 aliphatic carbocycles. The number of carbonyl (C=O) groups is 1. The summed E-state index contributed by atoms with van der Waals surface area (Å²) in [6.45, 7) is 0.489. The van der Waals surface area contributed by atoms with Crippen LogP contribution < -0.4 is 10.6 Å². The van der Waals surface area contributed by atoms with E-state index in [1.54, 1.807) is 24.3 Å². The molecule has 0 aliphatic rings. The van der Waals surface area contributed by atoms with Gasteiger partial charge in [0.25, 0.3) is 0 Å². The normalized spacial score (nSPS) is 9.94. The average Bonchev–Trinajstić information content (AvgIpc) is 2.83. The third-order valence-electron chi connectivity index (χ3n) is 2.22. The summed E-state index contributed by atoms with van der Waals surface area (Å²) in [6, 6.07) is 8.61. The highest BCUT2D eigenvalue weighted by molar-refractivity contribution is 6.30. The SMILES string of the molecule is O=C(NCc1cc[nH]c1)Nc1ccc(Cl)cc1. The molecule has 0 spiro atoms. The van der Waals surface area contributed by atoms with Crippen molar-refractivity contribution in [2.24, 2.45) is 0 Å². The van der Waals surface area contributed by atoms with Gasteiger partial charge >= 0.3 is 6.03 Å². The summed E-state index contributed by atoms with van der Waals surface area (Å²) in [4.78, 5) is 14.5. The van der Waals surface area contributed by atoms with Crippen LogP contribution in [0.2, 0.25) is 5.02 Å². The number of nitrogens with one attached hydrogen (secondary N) is 3. The lowest BCUT2D eigenvalue weighted by molar-refractivity contribution is 0.252. The second kappa shape index (κ2) is 5.41. The lowest BCUT2D eigenvalue weighted by atomic mass is 10.3. The number of halogens is 1. The lowest BCUT2D eigenvalue weighted by Crippen LogP contribution is -2.27. The van der Waals surface area contributed by atoms with Crippen molar-refractivity contribution in [1.29, 1.82) is 0 Å². The molecule has 1 heterocycles. The number of amides is 2. The van der Waals surface area contributed by atoms with Crippen LogP contribution >= 0.6 is 11.6 Å². The third kappa shape index (κ3) is 3.53. The van der Waals surface area contributed by atoms with Crippen molar-refractivity contribution in [1.82, 2.24) is 10.3 Å². The highest BCUT2D eigenvalue weighted by atomic mass is 35.5. The summed E-state index contributed by atoms with van der Waals surface area (Å²) in [5.41, 5.74) is 1.73. The van der Waals surface area contributed by atoms with E-state index in [9.17, 15) is 4.79 Å². The quantitative estimate of drug-likeness (QED) is 0.770. The summed E-state index contributed by atoms with van der Waals surface area (Å²) in [5, 5.41) is 6.10. The first-order valence-corrected chi connectivity index (χ1v) is 5.54. The number of H-pyrrole nitrogens is 1. The molecular formula is C12H12ClN3O. The predicted molar refractivity (Wildman–Crippen MR) is 68.1 cm³/mol. The van der Waals surface area contributed by atoms with E-state index >= 15 is 0 Å². The van der Waals surface area contributed by atoms with E-state index < -0.39 is 0 Å². The molecule has 0 radical (unpaired) electrons. The fourth-order valence-electron chi connectivity index (χ4n) is 1.36. The smallest absolute Gasteiger partial charge is 0.319 e. The molecule has 3 N–H and O–H groups in total. The maximum Gasteiger partial charge on any atom is 0.319 e. The summed E-state index contributed by atoms with van der Waals surface area (Å²) < 4.78 is 0. The number of rotatable bonds is 3. The molecule has 0 fully saturated rings. The van der Waals surface area contributed by atoms with Crippen LogP contribution in [0.15, 0.2) is 42.7 Å². The molecule has 1 aromatic carbocycles. The number of anilines is 1. The van der Waals surface area contributed by atoms with Crippen LogP contribution in [-0.4, -0.2) is 11.0 Å². The van der Waals surface area contributed by atoms with Gasteiger partial charge in [0.2, 0.25) is 0 Å². The first kappa shape index (κ1) is 11.5. The van der Waals surface area contributed by atoms with Crippen molar-refractivity contribution in [3.05, 3.63) is 53.3 Å². The van der Waals surface area contributed by atoms with Crippen molar-refractivity contribution in [3.8, 4) is 0 Å². The van der Waals surface area contributed by atoms with Gasteiger partial charge in [0.1, 0.15) is 0 Å². The molecule has 0 atom stereocenters. The largest absolute Gasteiger partial charge is 0.367 e. The summed E-state index contributed by atoms with van der Waals surface area (Å²) in [6.07, 6.45) is 3.65. The molecule has 5 heteroatoms. The highest BCUT2D eigenvalue weighted by Gasteiger charge is 2.01. The van der Waals surface area contributed by atoms with Gasteiger partial charge in [-0.05, 0) is 35.9 Å². The summed E-state index contributed by atoms with van der Waals surface area (Å²) >= 11 is 5.75. The first-order chi connectivity index (χ1) is 8.24. The van der Waals surface area contributed by atoms with Crippen molar-refractivity contribution in [3.63, 3.8) is 0 Å². The molecule has 4 nitrogen and oxygen atoms in total. The van der Waals surface area contributed by atoms with Gasteiger partial charge in [-0.25, -0.2) is 4.79 Å². The molecule has 2 rings (SSSR count). The molecule has 17 heavy (non-hydrogen) atoms. The van der Waals surface area contributed by atoms with E-state index in [0.29, 0.717) is 17.3 Å². The molecule has 1 aromatic heterocycles. The van der Waals surface area contributed by atoms with Crippen LogP contribution in [0.4, 0.5) is 10.5 Å². The Kier molecular flexibility index (Phi) is 3.67. The van der Waals surface area contributed by atoms with Crippen molar-refractivity contribution >= 4 is 23.3 Å². The zero-order valence-corrected chi connectivity index (χ0v) is 9.79. The fraction of sp³-hybridized carbons (Fsp3) is 0.0833. The minimum absolute atomic E-state index is 0.242. The standard InChI is InChI=1S/C12H12ClN3O/c13-10-1-3-11(4-2-10)16-12(17)15-8-9-5-6-14-7-9/h1-7,14H,8H2,(H2,15,16,17). The van der Waals surface area contributed by atoms with E-state index in [4.69, 9.17) is 11.6 Å². The average molecular weight is 250 g/mol. The van der Waals surface area contributed by atoms with Crippen LogP contribution in [0.5, 0.6) is 0 Å². The Bertz CT molecular complexity index is 479. The number of hydrogen-bond donors (Lipinski definition) is 3. The molecule has 88 valence electrons. The molecule has 0 saturated heterocycles. The zero-order chi connectivity index (χ0) is 12.1. The van der Waals surface area contributed by atoms with Gasteiger partial charge in [-0.15, -0.1) is 0 Å². The molecule has 0 bridgehead atoms. The molecule has 2 amide bonds. The van der Waals surface area contributed by atoms with E-state index in [1.165, 1.54) is 0 Å². The topological polar surface area (TPSA) is 56.9 Å². The number of aromatic amines is 1. The van der Waals surface area contributed by atoms with Crippen LogP contribution in [0.3, 0.4) is 0 Å². The monoisotopic (exact) mass is 249 g/mol. The van der Waals surface area contributed by atoms with E-state index in [-0.39, 0.29) is 6.03 Å². The lowest BCUT2D eigenvalue weighted by Gasteiger charge is -2.06. The van der Waals surface area contributed by atoms with Crippen molar-refractivity contribution in [2.75, 3.05) is 5.32 Å². The number of urea groups is 1. The van der Waals surface area contributed by atoms with Gasteiger partial charge in [0, 0.05) is 29.6 Å². The zero-order valence-electron chi connectivity index (χ0n) is 9.03. The fourth-order valence-corrected chi connectivity index (χ4v) is 1.49. The van der Waals surface area contributed by atoms with Crippen LogP contribution in [0.25, 0.3) is 0 Å². The van der Waals surface area contributed by atoms with Gasteiger partial charge in [-0.3, -0.25) is 0 Å². The van der Waals surface area contributed by atoms with Gasteiger partial charge in [-0.1, -0.05) is 11.6 Å². The van der Waals surface area contributed by atoms with Crippen LogP contribution in [-0.2, 0) is 6.54 Å². The number of hydrogen-bond acceptors (Lipinski definition) is 1. The predicted octanol–water partition coefficient (Wildman–Crippen LogP) is 2.99. The van der Waals surface area contributed by atoms with Gasteiger partial charge in [-0.2, -0.15) is 0 Å². The van der Waals surface area contributed by atoms with Gasteiger partial charge < -0.3 is 15.6 Å². The Morgan fingerprint density at radius 2 is 2.00 bits per heavy atom. The Balaban J connectivity index is 1.83. The molecule has 2 aromatic rings. The first-order valence-electron chi connectivity index (χ1n) is 5.16. The summed E-state index contributed by atoms with van der Waals surface area (Å²) in [7, 11) is 0. The Morgan fingerprint density at radius 1 is 1.24 bits per heavy atom. The maximum absolute atomic E-state index is 11.5. The van der Waals surface area contributed by atoms with E-state index in [2.05, 4.69) is 15.6 Å². The minimum Gasteiger partial charge on any atom is -0.367 e. The molecule has 0 aliphatic heterocycles. The molecule has 0 saturated carbocycles. The molecular weight excluding hydrogens is 238 g/mol. The maximum atomic E-state index is 11.5. The second-order valence-corrected chi connectivity index (χ2v) is 3.97. The second-order valence-electron chi connectivity index (χ2n) is 3.53. The Morgan fingerprint density at radius 3 is 2.65 bits per heavy atom. The van der Waals surface area contributed by atoms with Crippen LogP contribution in [0, 0.1) is 0 Å².